The van der Waals surface area contributed by atoms with Crippen molar-refractivity contribution in [2.75, 3.05) is 11.9 Å². The van der Waals surface area contributed by atoms with Gasteiger partial charge < -0.3 is 4.90 Å². The van der Waals surface area contributed by atoms with E-state index < -0.39 is 0 Å². The second-order valence-corrected chi connectivity index (χ2v) is 5.67. The molecule has 0 saturated heterocycles. The Balaban J connectivity index is 1.81. The normalized spacial score (nSPS) is 14.4. The van der Waals surface area contributed by atoms with Gasteiger partial charge in [0.2, 0.25) is 0 Å². The smallest absolute Gasteiger partial charge is 0.135 e. The van der Waals surface area contributed by atoms with Crippen molar-refractivity contribution in [3.05, 3.63) is 46.6 Å². The van der Waals surface area contributed by atoms with E-state index in [0.29, 0.717) is 5.92 Å². The molecule has 0 aliphatic heterocycles. The van der Waals surface area contributed by atoms with Crippen molar-refractivity contribution in [2.24, 2.45) is 0 Å². The number of nitrogens with zero attached hydrogens (tertiary/aromatic N) is 4. The van der Waals surface area contributed by atoms with Crippen LogP contribution < -0.4 is 4.90 Å². The molecule has 0 atom stereocenters. The summed E-state index contributed by atoms with van der Waals surface area (Å²) in [5, 5.41) is 0. The molecule has 1 aliphatic rings. The van der Waals surface area contributed by atoms with Crippen LogP contribution in [0.2, 0.25) is 0 Å². The van der Waals surface area contributed by atoms with Crippen LogP contribution in [0.15, 0.2) is 35.1 Å². The number of aromatic nitrogens is 3. The van der Waals surface area contributed by atoms with E-state index in [0.717, 1.165) is 28.5 Å². The quantitative estimate of drug-likeness (QED) is 0.812. The Kier molecular flexibility index (Phi) is 3.46. The minimum Gasteiger partial charge on any atom is -0.354 e. The van der Waals surface area contributed by atoms with Crippen LogP contribution in [0.25, 0.3) is 0 Å². The van der Waals surface area contributed by atoms with Gasteiger partial charge in [0.25, 0.3) is 0 Å². The zero-order chi connectivity index (χ0) is 13.2. The third-order valence-corrected chi connectivity index (χ3v) is 3.56. The van der Waals surface area contributed by atoms with Crippen molar-refractivity contribution in [1.29, 1.82) is 0 Å². The molecule has 4 nitrogen and oxygen atoms in total. The molecular formula is C14H15BrN4. The lowest BCUT2D eigenvalue weighted by Crippen LogP contribution is -2.19. The van der Waals surface area contributed by atoms with Crippen LogP contribution in [-0.4, -0.2) is 22.0 Å². The SMILES string of the molecule is CN(Cc1ccccn1)c1cc(Br)nc(C2CC2)n1. The third-order valence-electron chi connectivity index (χ3n) is 3.16. The molecule has 0 N–H and O–H groups in total. The number of rotatable bonds is 4. The van der Waals surface area contributed by atoms with Crippen LogP contribution in [0.3, 0.4) is 0 Å². The highest BCUT2D eigenvalue weighted by Crippen LogP contribution is 2.39. The summed E-state index contributed by atoms with van der Waals surface area (Å²) >= 11 is 3.47. The second-order valence-electron chi connectivity index (χ2n) is 4.86. The van der Waals surface area contributed by atoms with E-state index in [-0.39, 0.29) is 0 Å². The van der Waals surface area contributed by atoms with Gasteiger partial charge in [-0.3, -0.25) is 4.98 Å². The van der Waals surface area contributed by atoms with E-state index in [9.17, 15) is 0 Å². The predicted molar refractivity (Wildman–Crippen MR) is 78.1 cm³/mol. The minimum atomic E-state index is 0.555. The summed E-state index contributed by atoms with van der Waals surface area (Å²) in [6, 6.07) is 7.90. The predicted octanol–water partition coefficient (Wildman–Crippen LogP) is 3.15. The molecule has 0 aromatic carbocycles. The average Bonchev–Trinajstić information content (AvgIpc) is 3.23. The zero-order valence-electron chi connectivity index (χ0n) is 10.8. The van der Waals surface area contributed by atoms with E-state index in [2.05, 4.69) is 35.8 Å². The minimum absolute atomic E-state index is 0.555. The molecule has 98 valence electrons. The van der Waals surface area contributed by atoms with Gasteiger partial charge in [-0.15, -0.1) is 0 Å². The topological polar surface area (TPSA) is 41.9 Å². The van der Waals surface area contributed by atoms with E-state index in [1.807, 2.05) is 37.5 Å². The van der Waals surface area contributed by atoms with Gasteiger partial charge >= 0.3 is 0 Å². The Morgan fingerprint density at radius 1 is 1.32 bits per heavy atom. The summed E-state index contributed by atoms with van der Waals surface area (Å²) in [7, 11) is 2.03. The van der Waals surface area contributed by atoms with Gasteiger partial charge in [-0.05, 0) is 40.9 Å². The fourth-order valence-corrected chi connectivity index (χ4v) is 2.34. The van der Waals surface area contributed by atoms with Crippen molar-refractivity contribution in [3.63, 3.8) is 0 Å². The van der Waals surface area contributed by atoms with Crippen molar-refractivity contribution in [3.8, 4) is 0 Å². The first-order valence-electron chi connectivity index (χ1n) is 6.38. The van der Waals surface area contributed by atoms with Crippen LogP contribution in [-0.2, 0) is 6.54 Å². The molecule has 0 amide bonds. The fraction of sp³-hybridized carbons (Fsp3) is 0.357. The van der Waals surface area contributed by atoms with E-state index in [1.54, 1.807) is 0 Å². The maximum atomic E-state index is 4.65. The second kappa shape index (κ2) is 5.25. The summed E-state index contributed by atoms with van der Waals surface area (Å²) in [5.74, 6) is 2.45. The number of anilines is 1. The molecule has 2 heterocycles. The summed E-state index contributed by atoms with van der Waals surface area (Å²) in [5.41, 5.74) is 1.03. The maximum absolute atomic E-state index is 4.65. The molecular weight excluding hydrogens is 304 g/mol. The highest BCUT2D eigenvalue weighted by atomic mass is 79.9. The zero-order valence-corrected chi connectivity index (χ0v) is 12.3. The largest absolute Gasteiger partial charge is 0.354 e. The standard InChI is InChI=1S/C14H15BrN4/c1-19(9-11-4-2-3-7-16-11)13-8-12(15)17-14(18-13)10-5-6-10/h2-4,7-8,10H,5-6,9H2,1H3. The third kappa shape index (κ3) is 3.10. The lowest BCUT2D eigenvalue weighted by atomic mass is 10.3. The molecule has 0 spiro atoms. The number of hydrogen-bond donors (Lipinski definition) is 0. The molecule has 19 heavy (non-hydrogen) atoms. The Bertz CT molecular complexity index is 569. The van der Waals surface area contributed by atoms with E-state index in [4.69, 9.17) is 0 Å². The average molecular weight is 319 g/mol. The van der Waals surface area contributed by atoms with Gasteiger partial charge in [0.15, 0.2) is 0 Å². The van der Waals surface area contributed by atoms with Gasteiger partial charge in [-0.1, -0.05) is 6.07 Å². The fourth-order valence-electron chi connectivity index (χ4n) is 1.96. The first-order valence-corrected chi connectivity index (χ1v) is 7.17. The van der Waals surface area contributed by atoms with Gasteiger partial charge in [0.05, 0.1) is 12.2 Å². The number of pyridine rings is 1. The molecule has 1 saturated carbocycles. The van der Waals surface area contributed by atoms with E-state index in [1.165, 1.54) is 12.8 Å². The van der Waals surface area contributed by atoms with Crippen LogP contribution in [0.1, 0.15) is 30.3 Å². The van der Waals surface area contributed by atoms with Crippen molar-refractivity contribution in [2.45, 2.75) is 25.3 Å². The maximum Gasteiger partial charge on any atom is 0.135 e. The molecule has 0 radical (unpaired) electrons. The summed E-state index contributed by atoms with van der Waals surface area (Å²) in [6.45, 7) is 0.744. The summed E-state index contributed by atoms with van der Waals surface area (Å²) in [6.07, 6.45) is 4.23. The van der Waals surface area contributed by atoms with Crippen molar-refractivity contribution in [1.82, 2.24) is 15.0 Å². The van der Waals surface area contributed by atoms with Gasteiger partial charge in [0, 0.05) is 25.2 Å². The van der Waals surface area contributed by atoms with Crippen LogP contribution >= 0.6 is 15.9 Å². The molecule has 1 aliphatic carbocycles. The molecule has 2 aromatic heterocycles. The number of hydrogen-bond acceptors (Lipinski definition) is 4. The molecule has 2 aromatic rings. The van der Waals surface area contributed by atoms with Crippen LogP contribution in [0.5, 0.6) is 0 Å². The van der Waals surface area contributed by atoms with E-state index >= 15 is 0 Å². The highest BCUT2D eigenvalue weighted by molar-refractivity contribution is 9.10. The molecule has 0 bridgehead atoms. The highest BCUT2D eigenvalue weighted by Gasteiger charge is 2.27. The number of halogens is 1. The monoisotopic (exact) mass is 318 g/mol. The first-order chi connectivity index (χ1) is 9.22. The Hall–Kier alpha value is -1.49. The Labute approximate surface area is 121 Å². The van der Waals surface area contributed by atoms with Gasteiger partial charge in [0.1, 0.15) is 16.2 Å². The van der Waals surface area contributed by atoms with Crippen LogP contribution in [0, 0.1) is 0 Å². The van der Waals surface area contributed by atoms with Crippen molar-refractivity contribution >= 4 is 21.7 Å². The molecule has 5 heteroatoms. The lowest BCUT2D eigenvalue weighted by molar-refractivity contribution is 0.832. The summed E-state index contributed by atoms with van der Waals surface area (Å²) < 4.78 is 0.854. The van der Waals surface area contributed by atoms with Gasteiger partial charge in [-0.25, -0.2) is 9.97 Å². The first kappa shape index (κ1) is 12.5. The summed E-state index contributed by atoms with van der Waals surface area (Å²) in [4.78, 5) is 15.5. The van der Waals surface area contributed by atoms with Crippen molar-refractivity contribution < 1.29 is 0 Å². The molecule has 1 fully saturated rings. The van der Waals surface area contributed by atoms with Crippen LogP contribution in [0.4, 0.5) is 5.82 Å². The molecule has 3 rings (SSSR count). The molecule has 0 unspecified atom stereocenters. The van der Waals surface area contributed by atoms with Gasteiger partial charge in [-0.2, -0.15) is 0 Å². The Morgan fingerprint density at radius 3 is 2.84 bits per heavy atom. The lowest BCUT2D eigenvalue weighted by Gasteiger charge is -2.18. The Morgan fingerprint density at radius 2 is 2.16 bits per heavy atom.